The number of nitrogens with one attached hydrogen (secondary N) is 1. The van der Waals surface area contributed by atoms with Gasteiger partial charge in [-0.1, -0.05) is 12.1 Å². The molecule has 0 amide bonds. The van der Waals surface area contributed by atoms with E-state index in [1.54, 1.807) is 12.4 Å². The number of aliphatic imine (C=N–C) groups is 1. The first-order valence-electron chi connectivity index (χ1n) is 11.7. The summed E-state index contributed by atoms with van der Waals surface area (Å²) >= 11 is 0. The average Bonchev–Trinajstić information content (AvgIpc) is 2.85. The van der Waals surface area contributed by atoms with Crippen LogP contribution in [0.3, 0.4) is 0 Å². The molecule has 2 aliphatic heterocycles. The number of rotatable bonds is 5. The van der Waals surface area contributed by atoms with Crippen molar-refractivity contribution in [2.45, 2.75) is 13.8 Å². The van der Waals surface area contributed by atoms with Crippen LogP contribution in [0.2, 0.25) is 0 Å². The van der Waals surface area contributed by atoms with Crippen molar-refractivity contribution >= 4 is 17.6 Å². The van der Waals surface area contributed by atoms with E-state index in [0.717, 1.165) is 77.4 Å². The fourth-order valence-electron chi connectivity index (χ4n) is 4.52. The number of benzene rings is 1. The van der Waals surface area contributed by atoms with Crippen molar-refractivity contribution in [1.82, 2.24) is 25.1 Å². The Kier molecular flexibility index (Phi) is 7.42. The summed E-state index contributed by atoms with van der Waals surface area (Å²) < 4.78 is 0. The first kappa shape index (κ1) is 22.3. The lowest BCUT2D eigenvalue weighted by atomic mass is 10.1. The van der Waals surface area contributed by atoms with Crippen LogP contribution in [0, 0.1) is 13.8 Å². The van der Waals surface area contributed by atoms with E-state index in [1.165, 1.54) is 16.8 Å². The molecule has 1 aromatic heterocycles. The monoisotopic (exact) mass is 436 g/mol. The Morgan fingerprint density at radius 2 is 1.59 bits per heavy atom. The zero-order valence-corrected chi connectivity index (χ0v) is 19.7. The first-order valence-corrected chi connectivity index (χ1v) is 11.7. The lowest BCUT2D eigenvalue weighted by Crippen LogP contribution is -2.54. The summed E-state index contributed by atoms with van der Waals surface area (Å²) in [5.41, 5.74) is 4.17. The highest BCUT2D eigenvalue weighted by atomic mass is 15.4. The van der Waals surface area contributed by atoms with Gasteiger partial charge >= 0.3 is 0 Å². The molecular weight excluding hydrogens is 400 g/mol. The summed E-state index contributed by atoms with van der Waals surface area (Å²) in [6.07, 6.45) is 3.61. The molecule has 0 atom stereocenters. The minimum Gasteiger partial charge on any atom is -0.369 e. The third-order valence-electron chi connectivity index (χ3n) is 6.63. The number of piperazine rings is 2. The Morgan fingerprint density at radius 3 is 2.28 bits per heavy atom. The molecule has 0 unspecified atom stereocenters. The standard InChI is InChI=1S/C24H36N8/c1-20-6-4-7-22(21(20)2)30-14-12-29(13-15-30)11-10-28-23(25-3)31-16-18-32(19-17-31)24-26-8-5-9-27-24/h4-9H,10-19H2,1-3H3,(H,25,28). The molecule has 3 heterocycles. The Bertz CT molecular complexity index is 884. The second kappa shape index (κ2) is 10.6. The molecular formula is C24H36N8. The molecule has 8 nitrogen and oxygen atoms in total. The van der Waals surface area contributed by atoms with Gasteiger partial charge in [0.15, 0.2) is 5.96 Å². The van der Waals surface area contributed by atoms with Gasteiger partial charge in [-0.25, -0.2) is 9.97 Å². The van der Waals surface area contributed by atoms with E-state index in [4.69, 9.17) is 0 Å². The number of hydrogen-bond donors (Lipinski definition) is 1. The van der Waals surface area contributed by atoms with Gasteiger partial charge in [-0.3, -0.25) is 9.89 Å². The van der Waals surface area contributed by atoms with Crippen molar-refractivity contribution in [1.29, 1.82) is 0 Å². The van der Waals surface area contributed by atoms with E-state index >= 15 is 0 Å². The summed E-state index contributed by atoms with van der Waals surface area (Å²) in [6.45, 7) is 14.4. The molecule has 2 aromatic rings. The molecule has 172 valence electrons. The van der Waals surface area contributed by atoms with Crippen LogP contribution in [0.25, 0.3) is 0 Å². The van der Waals surface area contributed by atoms with Crippen LogP contribution in [0.4, 0.5) is 11.6 Å². The molecule has 0 bridgehead atoms. The van der Waals surface area contributed by atoms with Gasteiger partial charge in [0, 0.05) is 90.6 Å². The van der Waals surface area contributed by atoms with Crippen molar-refractivity contribution in [3.8, 4) is 0 Å². The maximum Gasteiger partial charge on any atom is 0.225 e. The molecule has 0 aliphatic carbocycles. The Balaban J connectivity index is 1.19. The number of anilines is 2. The highest BCUT2D eigenvalue weighted by Crippen LogP contribution is 2.23. The van der Waals surface area contributed by atoms with Crippen LogP contribution < -0.4 is 15.1 Å². The predicted octanol–water partition coefficient (Wildman–Crippen LogP) is 1.61. The molecule has 2 saturated heterocycles. The van der Waals surface area contributed by atoms with E-state index in [9.17, 15) is 0 Å². The maximum atomic E-state index is 4.52. The molecule has 8 heteroatoms. The third kappa shape index (κ3) is 5.30. The Hall–Kier alpha value is -2.87. The van der Waals surface area contributed by atoms with Gasteiger partial charge in [0.2, 0.25) is 5.95 Å². The highest BCUT2D eigenvalue weighted by molar-refractivity contribution is 5.80. The van der Waals surface area contributed by atoms with Gasteiger partial charge in [0.25, 0.3) is 0 Å². The number of aromatic nitrogens is 2. The summed E-state index contributed by atoms with van der Waals surface area (Å²) in [6, 6.07) is 8.48. The molecule has 32 heavy (non-hydrogen) atoms. The van der Waals surface area contributed by atoms with Gasteiger partial charge in [0.05, 0.1) is 0 Å². The molecule has 4 rings (SSSR count). The molecule has 0 saturated carbocycles. The van der Waals surface area contributed by atoms with Gasteiger partial charge in [-0.05, 0) is 37.1 Å². The fraction of sp³-hybridized carbons (Fsp3) is 0.542. The van der Waals surface area contributed by atoms with Crippen molar-refractivity contribution in [3.05, 3.63) is 47.8 Å². The second-order valence-corrected chi connectivity index (χ2v) is 8.54. The molecule has 0 radical (unpaired) electrons. The van der Waals surface area contributed by atoms with Crippen LogP contribution >= 0.6 is 0 Å². The molecule has 1 N–H and O–H groups in total. The summed E-state index contributed by atoms with van der Waals surface area (Å²) in [5, 5.41) is 3.57. The Morgan fingerprint density at radius 1 is 0.906 bits per heavy atom. The summed E-state index contributed by atoms with van der Waals surface area (Å²) in [4.78, 5) is 22.9. The van der Waals surface area contributed by atoms with E-state index < -0.39 is 0 Å². The lowest BCUT2D eigenvalue weighted by Gasteiger charge is -2.38. The molecule has 1 aromatic carbocycles. The predicted molar refractivity (Wildman–Crippen MR) is 132 cm³/mol. The van der Waals surface area contributed by atoms with Crippen molar-refractivity contribution < 1.29 is 0 Å². The maximum absolute atomic E-state index is 4.52. The van der Waals surface area contributed by atoms with Gasteiger partial charge in [0.1, 0.15) is 0 Å². The Labute approximate surface area is 192 Å². The average molecular weight is 437 g/mol. The molecule has 2 aliphatic rings. The summed E-state index contributed by atoms with van der Waals surface area (Å²) in [5.74, 6) is 1.81. The number of nitrogens with zero attached hydrogens (tertiary/aromatic N) is 7. The van der Waals surface area contributed by atoms with Crippen LogP contribution in [0.15, 0.2) is 41.7 Å². The third-order valence-corrected chi connectivity index (χ3v) is 6.63. The van der Waals surface area contributed by atoms with Gasteiger partial charge in [-0.2, -0.15) is 0 Å². The topological polar surface area (TPSA) is 63.1 Å². The zero-order valence-electron chi connectivity index (χ0n) is 19.7. The molecule has 2 fully saturated rings. The normalized spacial score (nSPS) is 18.2. The highest BCUT2D eigenvalue weighted by Gasteiger charge is 2.22. The largest absolute Gasteiger partial charge is 0.369 e. The lowest BCUT2D eigenvalue weighted by molar-refractivity contribution is 0.259. The summed E-state index contributed by atoms with van der Waals surface area (Å²) in [7, 11) is 1.87. The fourth-order valence-corrected chi connectivity index (χ4v) is 4.52. The zero-order chi connectivity index (χ0) is 22.3. The van der Waals surface area contributed by atoms with Crippen LogP contribution in [0.5, 0.6) is 0 Å². The van der Waals surface area contributed by atoms with E-state index in [0.29, 0.717) is 0 Å². The van der Waals surface area contributed by atoms with Crippen LogP contribution in [0.1, 0.15) is 11.1 Å². The number of guanidine groups is 1. The van der Waals surface area contributed by atoms with E-state index in [-0.39, 0.29) is 0 Å². The van der Waals surface area contributed by atoms with Crippen LogP contribution in [-0.4, -0.2) is 98.2 Å². The van der Waals surface area contributed by atoms with Gasteiger partial charge < -0.3 is 20.0 Å². The smallest absolute Gasteiger partial charge is 0.225 e. The SMILES string of the molecule is CN=C(NCCN1CCN(c2cccc(C)c2C)CC1)N1CCN(c2ncccn2)CC1. The first-order chi connectivity index (χ1) is 15.7. The van der Waals surface area contributed by atoms with Crippen molar-refractivity contribution in [3.63, 3.8) is 0 Å². The van der Waals surface area contributed by atoms with Crippen LogP contribution in [-0.2, 0) is 0 Å². The quantitative estimate of drug-likeness (QED) is 0.564. The van der Waals surface area contributed by atoms with E-state index in [2.05, 4.69) is 71.9 Å². The minimum atomic E-state index is 0.815. The second-order valence-electron chi connectivity index (χ2n) is 8.54. The minimum absolute atomic E-state index is 0.815. The number of hydrogen-bond acceptors (Lipinski definition) is 6. The van der Waals surface area contributed by atoms with E-state index in [1.807, 2.05) is 13.1 Å². The number of aryl methyl sites for hydroxylation is 1. The molecule has 0 spiro atoms. The van der Waals surface area contributed by atoms with Gasteiger partial charge in [-0.15, -0.1) is 0 Å². The van der Waals surface area contributed by atoms with Crippen molar-refractivity contribution in [2.24, 2.45) is 4.99 Å². The van der Waals surface area contributed by atoms with Crippen molar-refractivity contribution in [2.75, 3.05) is 82.3 Å².